The van der Waals surface area contributed by atoms with Crippen molar-refractivity contribution < 1.29 is 10.2 Å². The lowest BCUT2D eigenvalue weighted by molar-refractivity contribution is -0.233. The zero-order chi connectivity index (χ0) is 23.5. The van der Waals surface area contributed by atoms with Gasteiger partial charge in [0.05, 0.1) is 12.2 Å². The molecule has 0 spiro atoms. The highest BCUT2D eigenvalue weighted by atomic mass is 16.3. The predicted octanol–water partition coefficient (Wildman–Crippen LogP) is 7.28. The van der Waals surface area contributed by atoms with Crippen molar-refractivity contribution in [3.8, 4) is 0 Å². The summed E-state index contributed by atoms with van der Waals surface area (Å²) < 4.78 is 0. The first-order chi connectivity index (χ1) is 14.6. The fraction of sp³-hybridized carbons (Fsp3) is 0.933. The Morgan fingerprint density at radius 3 is 2.06 bits per heavy atom. The third-order valence-electron chi connectivity index (χ3n) is 12.9. The van der Waals surface area contributed by atoms with Crippen LogP contribution in [0.15, 0.2) is 11.1 Å². The summed E-state index contributed by atoms with van der Waals surface area (Å²) >= 11 is 0. The van der Waals surface area contributed by atoms with Crippen molar-refractivity contribution in [2.24, 2.45) is 44.3 Å². The van der Waals surface area contributed by atoms with E-state index in [2.05, 4.69) is 55.4 Å². The zero-order valence-electron chi connectivity index (χ0n) is 22.3. The lowest BCUT2D eigenvalue weighted by Gasteiger charge is -2.71. The molecular formula is C30H50O2. The molecule has 0 bridgehead atoms. The first-order valence-corrected chi connectivity index (χ1v) is 13.7. The number of rotatable bonds is 0. The number of aliphatic hydroxyl groups excluding tert-OH is 2. The van der Waals surface area contributed by atoms with Gasteiger partial charge in [0.2, 0.25) is 0 Å². The molecule has 0 aromatic heterocycles. The molecule has 0 aliphatic heterocycles. The van der Waals surface area contributed by atoms with E-state index in [0.717, 1.165) is 6.42 Å². The van der Waals surface area contributed by atoms with Gasteiger partial charge in [0.1, 0.15) is 0 Å². The predicted molar refractivity (Wildman–Crippen MR) is 132 cm³/mol. The molecule has 0 saturated heterocycles. The molecule has 5 aliphatic carbocycles. The number of fused-ring (bicyclic) bond motifs is 6. The minimum absolute atomic E-state index is 0.112. The van der Waals surface area contributed by atoms with Crippen molar-refractivity contribution in [1.29, 1.82) is 0 Å². The van der Waals surface area contributed by atoms with Crippen molar-refractivity contribution in [1.82, 2.24) is 0 Å². The van der Waals surface area contributed by atoms with Gasteiger partial charge in [-0.05, 0) is 109 Å². The zero-order valence-corrected chi connectivity index (χ0v) is 22.3. The third-order valence-corrected chi connectivity index (χ3v) is 12.9. The average Bonchev–Trinajstić information content (AvgIpc) is 2.68. The normalized spacial score (nSPS) is 54.2. The van der Waals surface area contributed by atoms with Crippen molar-refractivity contribution in [2.45, 2.75) is 132 Å². The van der Waals surface area contributed by atoms with Gasteiger partial charge in [-0.15, -0.1) is 0 Å². The van der Waals surface area contributed by atoms with Gasteiger partial charge in [-0.1, -0.05) is 66.5 Å². The van der Waals surface area contributed by atoms with Crippen LogP contribution in [-0.4, -0.2) is 22.4 Å². The van der Waals surface area contributed by atoms with E-state index in [1.54, 1.807) is 0 Å². The first kappa shape index (κ1) is 23.4. The Morgan fingerprint density at radius 1 is 0.719 bits per heavy atom. The summed E-state index contributed by atoms with van der Waals surface area (Å²) in [6.07, 6.45) is 11.3. The van der Waals surface area contributed by atoms with Gasteiger partial charge in [-0.3, -0.25) is 0 Å². The van der Waals surface area contributed by atoms with Gasteiger partial charge in [0, 0.05) is 0 Å². The van der Waals surface area contributed by atoms with Crippen LogP contribution in [-0.2, 0) is 0 Å². The molecule has 0 amide bonds. The molecule has 182 valence electrons. The van der Waals surface area contributed by atoms with Crippen LogP contribution in [0.25, 0.3) is 0 Å². The molecular weight excluding hydrogens is 392 g/mol. The SMILES string of the molecule is CC1(C)CC[C@]2(C)CC[C@]3(C)C(=C2C1)CC[C@H]1[C@@]2(C)C[C@@H](O)[C@@H](O)C(C)(C)[C@H]2CC[C@]13C. The maximum atomic E-state index is 11.0. The second kappa shape index (κ2) is 6.66. The van der Waals surface area contributed by atoms with E-state index in [9.17, 15) is 10.2 Å². The molecule has 4 fully saturated rings. The monoisotopic (exact) mass is 442 g/mol. The van der Waals surface area contributed by atoms with Crippen molar-refractivity contribution in [3.63, 3.8) is 0 Å². The molecule has 2 N–H and O–H groups in total. The highest BCUT2D eigenvalue weighted by molar-refractivity contribution is 5.38. The van der Waals surface area contributed by atoms with E-state index in [0.29, 0.717) is 28.1 Å². The second-order valence-corrected chi connectivity index (χ2v) is 15.3. The Balaban J connectivity index is 1.60. The smallest absolute Gasteiger partial charge is 0.0852 e. The van der Waals surface area contributed by atoms with Gasteiger partial charge in [0.25, 0.3) is 0 Å². The Hall–Kier alpha value is -0.340. The Morgan fingerprint density at radius 2 is 1.38 bits per heavy atom. The molecule has 5 rings (SSSR count). The van der Waals surface area contributed by atoms with E-state index in [-0.39, 0.29) is 16.2 Å². The summed E-state index contributed by atoms with van der Waals surface area (Å²) in [5.74, 6) is 1.12. The fourth-order valence-electron chi connectivity index (χ4n) is 10.6. The Labute approximate surface area is 197 Å². The van der Waals surface area contributed by atoms with Crippen LogP contribution in [0.4, 0.5) is 0 Å². The highest BCUT2D eigenvalue weighted by Crippen LogP contribution is 2.75. The van der Waals surface area contributed by atoms with E-state index in [1.807, 2.05) is 11.1 Å². The third kappa shape index (κ3) is 2.78. The van der Waals surface area contributed by atoms with Gasteiger partial charge in [-0.2, -0.15) is 0 Å². The van der Waals surface area contributed by atoms with E-state index in [4.69, 9.17) is 0 Å². The van der Waals surface area contributed by atoms with Gasteiger partial charge in [0.15, 0.2) is 0 Å². The van der Waals surface area contributed by atoms with Gasteiger partial charge >= 0.3 is 0 Å². The number of allylic oxidation sites excluding steroid dienone is 2. The summed E-state index contributed by atoms with van der Waals surface area (Å²) in [6.45, 7) is 19.8. The lowest BCUT2D eigenvalue weighted by atomic mass is 9.34. The maximum Gasteiger partial charge on any atom is 0.0852 e. The molecule has 8 atom stereocenters. The molecule has 0 aromatic carbocycles. The first-order valence-electron chi connectivity index (χ1n) is 13.7. The van der Waals surface area contributed by atoms with Crippen molar-refractivity contribution >= 4 is 0 Å². The lowest BCUT2D eigenvalue weighted by Crippen LogP contribution is -2.66. The van der Waals surface area contributed by atoms with Crippen LogP contribution in [0.2, 0.25) is 0 Å². The number of aliphatic hydroxyl groups is 2. The van der Waals surface area contributed by atoms with Crippen molar-refractivity contribution in [3.05, 3.63) is 11.1 Å². The van der Waals surface area contributed by atoms with Crippen LogP contribution < -0.4 is 0 Å². The molecule has 4 saturated carbocycles. The molecule has 32 heavy (non-hydrogen) atoms. The summed E-state index contributed by atoms with van der Waals surface area (Å²) in [5.41, 5.74) is 5.06. The van der Waals surface area contributed by atoms with E-state index >= 15 is 0 Å². The topological polar surface area (TPSA) is 40.5 Å². The van der Waals surface area contributed by atoms with Crippen LogP contribution in [0.3, 0.4) is 0 Å². The number of hydrogen-bond acceptors (Lipinski definition) is 2. The summed E-state index contributed by atoms with van der Waals surface area (Å²) in [4.78, 5) is 0. The fourth-order valence-corrected chi connectivity index (χ4v) is 10.6. The summed E-state index contributed by atoms with van der Waals surface area (Å²) in [5, 5.41) is 21.9. The highest BCUT2D eigenvalue weighted by Gasteiger charge is 2.68. The molecule has 0 aromatic rings. The quantitative estimate of drug-likeness (QED) is 0.387. The minimum Gasteiger partial charge on any atom is -0.390 e. The van der Waals surface area contributed by atoms with Crippen LogP contribution in [0, 0.1) is 44.3 Å². The second-order valence-electron chi connectivity index (χ2n) is 15.3. The Bertz CT molecular complexity index is 838. The largest absolute Gasteiger partial charge is 0.390 e. The van der Waals surface area contributed by atoms with Gasteiger partial charge < -0.3 is 10.2 Å². The Kier molecular flexibility index (Phi) is 4.87. The summed E-state index contributed by atoms with van der Waals surface area (Å²) in [7, 11) is 0. The van der Waals surface area contributed by atoms with Crippen molar-refractivity contribution in [2.75, 3.05) is 0 Å². The number of hydrogen-bond donors (Lipinski definition) is 2. The molecule has 0 unspecified atom stereocenters. The average molecular weight is 443 g/mol. The molecule has 2 nitrogen and oxygen atoms in total. The molecule has 0 radical (unpaired) electrons. The molecule has 2 heteroatoms. The molecule has 5 aliphatic rings. The van der Waals surface area contributed by atoms with Crippen LogP contribution >= 0.6 is 0 Å². The van der Waals surface area contributed by atoms with Crippen LogP contribution in [0.1, 0.15) is 120 Å². The van der Waals surface area contributed by atoms with Crippen LogP contribution in [0.5, 0.6) is 0 Å². The van der Waals surface area contributed by atoms with E-state index < -0.39 is 12.2 Å². The standard InChI is InChI=1S/C30H50O2/c1-25(2)13-14-27(5)15-16-29(7)19(20(27)17-25)9-10-23-28(6)18-21(31)24(32)26(3,4)22(28)11-12-30(23,29)8/h21-24,31-32H,9-18H2,1-8H3/t21-,22-,23+,24-,27-,28+,29-,30-/m1/s1. The maximum absolute atomic E-state index is 11.0. The van der Waals surface area contributed by atoms with Gasteiger partial charge in [-0.25, -0.2) is 0 Å². The van der Waals surface area contributed by atoms with E-state index in [1.165, 1.54) is 57.8 Å². The molecule has 0 heterocycles. The minimum atomic E-state index is -0.596. The summed E-state index contributed by atoms with van der Waals surface area (Å²) in [6, 6.07) is 0.